The fourth-order valence-corrected chi connectivity index (χ4v) is 3.87. The summed E-state index contributed by atoms with van der Waals surface area (Å²) in [6, 6.07) is -1.53. The van der Waals surface area contributed by atoms with Gasteiger partial charge in [-0.25, -0.2) is 14.5 Å². The van der Waals surface area contributed by atoms with Crippen LogP contribution in [0.3, 0.4) is 0 Å². The van der Waals surface area contributed by atoms with E-state index >= 15 is 0 Å². The van der Waals surface area contributed by atoms with E-state index in [2.05, 4.69) is 11.9 Å². The molecule has 0 aromatic carbocycles. The standard InChI is InChI=1S/C23H39N3O8S3.K/c1-5-24-22(30)26(11-14-34-19(27)6-15-35)23(31)25(9-12-32-20(28)7-16-36-4)10-13-33-21(29)8-17-37-18(2)3;/h5,18,35H,1,6-17H2,2-4H3,(H,24,30);/q;+1/p-1. The SMILES string of the molecule is C=CNC(=O)N(CCOC(=O)CC[S-])C(=O)N(CCOC(=O)CCSC)CCOC(=O)CCSC(C)C.[K+]. The van der Waals surface area contributed by atoms with Crippen molar-refractivity contribution in [1.29, 1.82) is 0 Å². The van der Waals surface area contributed by atoms with Crippen LogP contribution in [-0.2, 0) is 41.2 Å². The van der Waals surface area contributed by atoms with Crippen LogP contribution in [0.15, 0.2) is 12.8 Å². The number of ether oxygens (including phenoxy) is 3. The van der Waals surface area contributed by atoms with Crippen LogP contribution in [-0.4, -0.2) is 108 Å². The third-order valence-corrected chi connectivity index (χ3v) is 6.30. The van der Waals surface area contributed by atoms with E-state index in [-0.39, 0.29) is 116 Å². The van der Waals surface area contributed by atoms with Gasteiger partial charge in [0.15, 0.2) is 0 Å². The summed E-state index contributed by atoms with van der Waals surface area (Å²) >= 11 is 7.87. The van der Waals surface area contributed by atoms with E-state index in [1.165, 1.54) is 16.7 Å². The van der Waals surface area contributed by atoms with Gasteiger partial charge in [-0.3, -0.25) is 14.4 Å². The van der Waals surface area contributed by atoms with Gasteiger partial charge in [-0.2, -0.15) is 29.3 Å². The molecule has 38 heavy (non-hydrogen) atoms. The topological polar surface area (TPSA) is 132 Å². The summed E-state index contributed by atoms with van der Waals surface area (Å²) in [5.74, 6) is 0.0566. The number of urea groups is 2. The van der Waals surface area contributed by atoms with Crippen LogP contribution in [0.4, 0.5) is 9.59 Å². The van der Waals surface area contributed by atoms with Gasteiger partial charge in [0, 0.05) is 17.9 Å². The Morgan fingerprint density at radius 3 is 1.87 bits per heavy atom. The van der Waals surface area contributed by atoms with E-state index in [1.54, 1.807) is 11.8 Å². The van der Waals surface area contributed by atoms with Gasteiger partial charge >= 0.3 is 81.4 Å². The van der Waals surface area contributed by atoms with Gasteiger partial charge in [0.25, 0.3) is 0 Å². The van der Waals surface area contributed by atoms with E-state index in [4.69, 9.17) is 26.8 Å². The molecule has 0 aromatic heterocycles. The first-order valence-corrected chi connectivity index (χ1v) is 14.8. The molecule has 0 heterocycles. The third-order valence-electron chi connectivity index (χ3n) is 4.37. The molecule has 0 atom stereocenters. The quantitative estimate of drug-likeness (QED) is 0.0862. The van der Waals surface area contributed by atoms with Gasteiger partial charge in [0.1, 0.15) is 19.8 Å². The van der Waals surface area contributed by atoms with Crippen LogP contribution in [0.25, 0.3) is 0 Å². The summed E-state index contributed by atoms with van der Waals surface area (Å²) in [7, 11) is 0. The number of nitrogens with one attached hydrogen (secondary N) is 1. The molecular formula is C23H38KN3O8S3. The molecule has 0 aliphatic rings. The first kappa shape index (κ1) is 39.7. The van der Waals surface area contributed by atoms with Crippen molar-refractivity contribution < 1.29 is 89.6 Å². The molecule has 11 nitrogen and oxygen atoms in total. The van der Waals surface area contributed by atoms with Gasteiger partial charge in [0.05, 0.1) is 32.5 Å². The molecule has 0 spiro atoms. The van der Waals surface area contributed by atoms with Crippen molar-refractivity contribution in [2.24, 2.45) is 0 Å². The van der Waals surface area contributed by atoms with Gasteiger partial charge < -0.3 is 37.1 Å². The first-order valence-electron chi connectivity index (χ1n) is 11.8. The normalized spacial score (nSPS) is 10.1. The van der Waals surface area contributed by atoms with Crippen LogP contribution < -0.4 is 56.7 Å². The number of thioether (sulfide) groups is 2. The Bertz CT molecular complexity index is 747. The van der Waals surface area contributed by atoms with Crippen molar-refractivity contribution in [1.82, 2.24) is 15.1 Å². The van der Waals surface area contributed by atoms with Gasteiger partial charge in [-0.05, 0) is 17.7 Å². The van der Waals surface area contributed by atoms with E-state index < -0.39 is 30.0 Å². The van der Waals surface area contributed by atoms with E-state index in [1.807, 2.05) is 20.1 Å². The van der Waals surface area contributed by atoms with Crippen LogP contribution in [0.5, 0.6) is 0 Å². The Morgan fingerprint density at radius 2 is 1.39 bits per heavy atom. The second kappa shape index (κ2) is 25.5. The van der Waals surface area contributed by atoms with Crippen LogP contribution in [0.1, 0.15) is 33.1 Å². The Balaban J connectivity index is 0. The zero-order chi connectivity index (χ0) is 28.1. The number of carbonyl (C=O) groups excluding carboxylic acids is 5. The molecule has 0 saturated carbocycles. The maximum Gasteiger partial charge on any atom is 1.00 e. The van der Waals surface area contributed by atoms with Gasteiger partial charge in [0.2, 0.25) is 0 Å². The Hall–Kier alpha value is -0.424. The van der Waals surface area contributed by atoms with Gasteiger partial charge in [-0.1, -0.05) is 20.4 Å². The predicted molar refractivity (Wildman–Crippen MR) is 147 cm³/mol. The van der Waals surface area contributed by atoms with E-state index in [0.717, 1.165) is 11.1 Å². The number of nitrogens with zero attached hydrogens (tertiary/aromatic N) is 2. The maximum absolute atomic E-state index is 13.2. The summed E-state index contributed by atoms with van der Waals surface area (Å²) < 4.78 is 15.4. The van der Waals surface area contributed by atoms with Crippen molar-refractivity contribution in [2.75, 3.05) is 63.0 Å². The number of imide groups is 1. The van der Waals surface area contributed by atoms with E-state index in [0.29, 0.717) is 16.8 Å². The number of hydrogen-bond acceptors (Lipinski definition) is 11. The van der Waals surface area contributed by atoms with Crippen molar-refractivity contribution in [3.8, 4) is 0 Å². The Labute approximate surface area is 282 Å². The predicted octanol–water partition coefficient (Wildman–Crippen LogP) is -0.581. The summed E-state index contributed by atoms with van der Waals surface area (Å²) in [5.41, 5.74) is 0. The average Bonchev–Trinajstić information content (AvgIpc) is 2.84. The van der Waals surface area contributed by atoms with Crippen molar-refractivity contribution in [3.05, 3.63) is 12.8 Å². The minimum atomic E-state index is -0.788. The molecule has 0 fully saturated rings. The minimum Gasteiger partial charge on any atom is -0.792 e. The molecule has 0 bridgehead atoms. The molecular weight excluding hydrogens is 582 g/mol. The maximum atomic E-state index is 13.2. The van der Waals surface area contributed by atoms with Crippen molar-refractivity contribution in [3.63, 3.8) is 0 Å². The summed E-state index contributed by atoms with van der Waals surface area (Å²) in [5, 5.41) is 2.71. The van der Waals surface area contributed by atoms with Crippen molar-refractivity contribution >= 4 is 66.1 Å². The molecule has 0 radical (unpaired) electrons. The number of rotatable bonds is 19. The molecule has 0 saturated heterocycles. The smallest absolute Gasteiger partial charge is 0.792 e. The second-order valence-corrected chi connectivity index (χ2v) is 10.7. The third kappa shape index (κ3) is 20.5. The van der Waals surface area contributed by atoms with Crippen LogP contribution >= 0.6 is 23.5 Å². The van der Waals surface area contributed by atoms with E-state index in [9.17, 15) is 24.0 Å². The molecule has 1 N–H and O–H groups in total. The van der Waals surface area contributed by atoms with Crippen LogP contribution in [0.2, 0.25) is 0 Å². The molecule has 0 aliphatic carbocycles. The minimum absolute atomic E-state index is 0. The fraction of sp³-hybridized carbons (Fsp3) is 0.696. The molecule has 0 unspecified atom stereocenters. The van der Waals surface area contributed by atoms with Crippen LogP contribution in [0, 0.1) is 0 Å². The average molecular weight is 620 g/mol. The summed E-state index contributed by atoms with van der Waals surface area (Å²) in [4.78, 5) is 63.3. The number of hydrogen-bond donors (Lipinski definition) is 1. The van der Waals surface area contributed by atoms with Crippen molar-refractivity contribution in [2.45, 2.75) is 38.4 Å². The molecule has 15 heteroatoms. The zero-order valence-corrected chi connectivity index (χ0v) is 28.3. The molecule has 0 aromatic rings. The number of carbonyl (C=O) groups is 5. The van der Waals surface area contributed by atoms with Gasteiger partial charge in [-0.15, -0.1) is 0 Å². The Morgan fingerprint density at radius 1 is 0.895 bits per heavy atom. The first-order chi connectivity index (χ1) is 17.7. The summed E-state index contributed by atoms with van der Waals surface area (Å²) in [6.07, 6.45) is 3.48. The largest absolute Gasteiger partial charge is 1.00 e. The number of amides is 4. The summed E-state index contributed by atoms with van der Waals surface area (Å²) in [6.45, 7) is 6.70. The second-order valence-electron chi connectivity index (χ2n) is 7.60. The monoisotopic (exact) mass is 619 g/mol. The Kier molecular flexibility index (Phi) is 26.7. The molecule has 4 amide bonds. The molecule has 212 valence electrons. The number of esters is 3. The molecule has 0 aliphatic heterocycles. The zero-order valence-electron chi connectivity index (χ0n) is 22.7. The molecule has 0 rings (SSSR count). The fourth-order valence-electron chi connectivity index (χ4n) is 2.58.